The third-order valence-corrected chi connectivity index (χ3v) is 2.69. The standard InChI is InChI=1S/C13H17N5O/c1-9-5-11(6-12(14)17-9)13(19)15-4-3-10-7-16-18(2)8-10/h5-8H,3-4H2,1-2H3,(H2,14,17)(H,15,19). The third kappa shape index (κ3) is 3.54. The van der Waals surface area contributed by atoms with Crippen molar-refractivity contribution in [3.63, 3.8) is 0 Å². The molecule has 2 aromatic heterocycles. The van der Waals surface area contributed by atoms with Gasteiger partial charge < -0.3 is 11.1 Å². The molecular weight excluding hydrogens is 242 g/mol. The molecule has 0 saturated heterocycles. The number of nitrogens with zero attached hydrogens (tertiary/aromatic N) is 3. The Kier molecular flexibility index (Phi) is 3.79. The number of nitrogen functional groups attached to an aromatic ring is 1. The second-order valence-corrected chi connectivity index (χ2v) is 4.45. The molecule has 19 heavy (non-hydrogen) atoms. The van der Waals surface area contributed by atoms with E-state index in [1.165, 1.54) is 0 Å². The van der Waals surface area contributed by atoms with Crippen LogP contribution < -0.4 is 11.1 Å². The summed E-state index contributed by atoms with van der Waals surface area (Å²) in [5.74, 6) is 0.221. The van der Waals surface area contributed by atoms with E-state index in [4.69, 9.17) is 5.73 Å². The lowest BCUT2D eigenvalue weighted by Crippen LogP contribution is -2.25. The van der Waals surface area contributed by atoms with Gasteiger partial charge in [-0.3, -0.25) is 9.48 Å². The Morgan fingerprint density at radius 3 is 2.89 bits per heavy atom. The van der Waals surface area contributed by atoms with Crippen molar-refractivity contribution >= 4 is 11.7 Å². The van der Waals surface area contributed by atoms with E-state index >= 15 is 0 Å². The Labute approximate surface area is 111 Å². The van der Waals surface area contributed by atoms with Crippen LogP contribution in [0.3, 0.4) is 0 Å². The number of aryl methyl sites for hydroxylation is 2. The predicted molar refractivity (Wildman–Crippen MR) is 72.6 cm³/mol. The van der Waals surface area contributed by atoms with Crippen molar-refractivity contribution in [1.82, 2.24) is 20.1 Å². The Bertz CT molecular complexity index is 570. The van der Waals surface area contributed by atoms with Crippen molar-refractivity contribution < 1.29 is 4.79 Å². The fourth-order valence-electron chi connectivity index (χ4n) is 1.85. The van der Waals surface area contributed by atoms with Gasteiger partial charge in [0.05, 0.1) is 6.20 Å². The van der Waals surface area contributed by atoms with Crippen LogP contribution in [0.15, 0.2) is 24.5 Å². The number of pyridine rings is 1. The summed E-state index contributed by atoms with van der Waals surface area (Å²) < 4.78 is 1.74. The fourth-order valence-corrected chi connectivity index (χ4v) is 1.85. The maximum atomic E-state index is 11.9. The van der Waals surface area contributed by atoms with Gasteiger partial charge in [-0.05, 0) is 31.0 Å². The number of aromatic nitrogens is 3. The van der Waals surface area contributed by atoms with E-state index in [1.807, 2.05) is 20.2 Å². The van der Waals surface area contributed by atoms with Gasteiger partial charge in [0.25, 0.3) is 5.91 Å². The van der Waals surface area contributed by atoms with Gasteiger partial charge in [0.1, 0.15) is 5.82 Å². The highest BCUT2D eigenvalue weighted by molar-refractivity contribution is 5.94. The number of amides is 1. The first-order valence-corrected chi connectivity index (χ1v) is 6.04. The zero-order valence-electron chi connectivity index (χ0n) is 11.1. The number of anilines is 1. The summed E-state index contributed by atoms with van der Waals surface area (Å²) in [7, 11) is 1.87. The molecule has 3 N–H and O–H groups in total. The lowest BCUT2D eigenvalue weighted by molar-refractivity contribution is 0.0954. The molecule has 0 bridgehead atoms. The van der Waals surface area contributed by atoms with Crippen molar-refractivity contribution in [1.29, 1.82) is 0 Å². The summed E-state index contributed by atoms with van der Waals surface area (Å²) in [5, 5.41) is 6.93. The Hall–Kier alpha value is -2.37. The smallest absolute Gasteiger partial charge is 0.251 e. The zero-order valence-corrected chi connectivity index (χ0v) is 11.1. The molecular formula is C13H17N5O. The van der Waals surface area contributed by atoms with Crippen LogP contribution in [0.2, 0.25) is 0 Å². The number of nitrogens with one attached hydrogen (secondary N) is 1. The van der Waals surface area contributed by atoms with Crippen LogP contribution in [-0.4, -0.2) is 27.2 Å². The van der Waals surface area contributed by atoms with Gasteiger partial charge in [-0.1, -0.05) is 0 Å². The first-order chi connectivity index (χ1) is 9.04. The monoisotopic (exact) mass is 259 g/mol. The number of hydrogen-bond donors (Lipinski definition) is 2. The molecule has 0 aliphatic carbocycles. The molecule has 0 saturated carbocycles. The molecule has 6 nitrogen and oxygen atoms in total. The highest BCUT2D eigenvalue weighted by atomic mass is 16.1. The van der Waals surface area contributed by atoms with Gasteiger partial charge in [-0.2, -0.15) is 5.10 Å². The first-order valence-electron chi connectivity index (χ1n) is 6.04. The molecule has 100 valence electrons. The van der Waals surface area contributed by atoms with Crippen molar-refractivity contribution in [3.05, 3.63) is 41.3 Å². The van der Waals surface area contributed by atoms with E-state index in [0.717, 1.165) is 17.7 Å². The Morgan fingerprint density at radius 2 is 2.26 bits per heavy atom. The summed E-state index contributed by atoms with van der Waals surface area (Å²) in [6.07, 6.45) is 4.47. The van der Waals surface area contributed by atoms with Crippen LogP contribution in [-0.2, 0) is 13.5 Å². The summed E-state index contributed by atoms with van der Waals surface area (Å²) in [5.41, 5.74) is 7.98. The van der Waals surface area contributed by atoms with Crippen molar-refractivity contribution in [2.24, 2.45) is 7.05 Å². The zero-order chi connectivity index (χ0) is 13.8. The third-order valence-electron chi connectivity index (χ3n) is 2.69. The van der Waals surface area contributed by atoms with Crippen molar-refractivity contribution in [3.8, 4) is 0 Å². The molecule has 0 aliphatic rings. The lowest BCUT2D eigenvalue weighted by atomic mass is 10.2. The molecule has 0 aromatic carbocycles. The topological polar surface area (TPSA) is 85.8 Å². The van der Waals surface area contributed by atoms with E-state index in [1.54, 1.807) is 23.0 Å². The number of hydrogen-bond acceptors (Lipinski definition) is 4. The Morgan fingerprint density at radius 1 is 1.47 bits per heavy atom. The van der Waals surface area contributed by atoms with Crippen molar-refractivity contribution in [2.45, 2.75) is 13.3 Å². The molecule has 0 unspecified atom stereocenters. The lowest BCUT2D eigenvalue weighted by Gasteiger charge is -2.05. The summed E-state index contributed by atoms with van der Waals surface area (Å²) in [6.45, 7) is 2.37. The molecule has 0 aliphatic heterocycles. The van der Waals surface area contributed by atoms with Crippen LogP contribution in [0, 0.1) is 6.92 Å². The highest BCUT2D eigenvalue weighted by Crippen LogP contribution is 2.06. The SMILES string of the molecule is Cc1cc(C(=O)NCCc2cnn(C)c2)cc(N)n1. The molecule has 0 radical (unpaired) electrons. The van der Waals surface area contributed by atoms with Crippen LogP contribution in [0.5, 0.6) is 0 Å². The van der Waals surface area contributed by atoms with E-state index in [2.05, 4.69) is 15.4 Å². The van der Waals surface area contributed by atoms with Gasteiger partial charge in [0.15, 0.2) is 0 Å². The van der Waals surface area contributed by atoms with Gasteiger partial charge in [0, 0.05) is 31.0 Å². The minimum atomic E-state index is -0.138. The largest absolute Gasteiger partial charge is 0.384 e. The predicted octanol–water partition coefficient (Wildman–Crippen LogP) is 0.678. The highest BCUT2D eigenvalue weighted by Gasteiger charge is 2.07. The van der Waals surface area contributed by atoms with Gasteiger partial charge in [0.2, 0.25) is 0 Å². The maximum Gasteiger partial charge on any atom is 0.251 e. The van der Waals surface area contributed by atoms with Crippen molar-refractivity contribution in [2.75, 3.05) is 12.3 Å². The molecule has 6 heteroatoms. The Balaban J connectivity index is 1.90. The number of nitrogens with two attached hydrogens (primary N) is 1. The number of carbonyl (C=O) groups excluding carboxylic acids is 1. The van der Waals surface area contributed by atoms with Crippen LogP contribution in [0.4, 0.5) is 5.82 Å². The van der Waals surface area contributed by atoms with Crippen LogP contribution >= 0.6 is 0 Å². The normalized spacial score (nSPS) is 10.4. The van der Waals surface area contributed by atoms with E-state index in [9.17, 15) is 4.79 Å². The summed E-state index contributed by atoms with van der Waals surface area (Å²) in [4.78, 5) is 16.0. The number of carbonyl (C=O) groups is 1. The molecule has 2 aromatic rings. The minimum Gasteiger partial charge on any atom is -0.384 e. The molecule has 2 heterocycles. The molecule has 2 rings (SSSR count). The molecule has 1 amide bonds. The fraction of sp³-hybridized carbons (Fsp3) is 0.308. The average Bonchev–Trinajstić information content (AvgIpc) is 2.73. The number of rotatable bonds is 4. The minimum absolute atomic E-state index is 0.138. The second kappa shape index (κ2) is 5.51. The molecule has 0 spiro atoms. The average molecular weight is 259 g/mol. The first kappa shape index (κ1) is 13.1. The summed E-state index contributed by atoms with van der Waals surface area (Å²) >= 11 is 0. The quantitative estimate of drug-likeness (QED) is 0.845. The molecule has 0 fully saturated rings. The second-order valence-electron chi connectivity index (χ2n) is 4.45. The van der Waals surface area contributed by atoms with Gasteiger partial charge >= 0.3 is 0 Å². The maximum absolute atomic E-state index is 11.9. The van der Waals surface area contributed by atoms with E-state index in [-0.39, 0.29) is 5.91 Å². The van der Waals surface area contributed by atoms with Crippen LogP contribution in [0.25, 0.3) is 0 Å². The molecule has 0 atom stereocenters. The van der Waals surface area contributed by atoms with Crippen LogP contribution in [0.1, 0.15) is 21.6 Å². The van der Waals surface area contributed by atoms with E-state index in [0.29, 0.717) is 17.9 Å². The van der Waals surface area contributed by atoms with E-state index < -0.39 is 0 Å². The summed E-state index contributed by atoms with van der Waals surface area (Å²) in [6, 6.07) is 3.29. The van der Waals surface area contributed by atoms with Gasteiger partial charge in [-0.15, -0.1) is 0 Å². The van der Waals surface area contributed by atoms with Gasteiger partial charge in [-0.25, -0.2) is 4.98 Å².